The number of fused-ring (bicyclic) bond motifs is 3. The molecule has 0 aromatic rings. The Labute approximate surface area is 104 Å². The summed E-state index contributed by atoms with van der Waals surface area (Å²) in [7, 11) is 0. The molecule has 0 saturated heterocycles. The van der Waals surface area contributed by atoms with Crippen molar-refractivity contribution in [2.24, 2.45) is 29.1 Å². The predicted molar refractivity (Wildman–Crippen MR) is 67.5 cm³/mol. The van der Waals surface area contributed by atoms with E-state index in [1.165, 1.54) is 0 Å². The van der Waals surface area contributed by atoms with Crippen LogP contribution in [0.15, 0.2) is 0 Å². The lowest BCUT2D eigenvalue weighted by Gasteiger charge is -2.37. The molecule has 17 heavy (non-hydrogen) atoms. The van der Waals surface area contributed by atoms with Gasteiger partial charge in [-0.05, 0) is 68.6 Å². The van der Waals surface area contributed by atoms with Crippen LogP contribution in [0, 0.1) is 29.1 Å². The van der Waals surface area contributed by atoms with Crippen molar-refractivity contribution >= 4 is 0 Å². The Morgan fingerprint density at radius 3 is 1.94 bits per heavy atom. The monoisotopic (exact) mass is 238 g/mol. The van der Waals surface area contributed by atoms with Crippen molar-refractivity contribution in [3.63, 3.8) is 0 Å². The van der Waals surface area contributed by atoms with Crippen LogP contribution < -0.4 is 0 Å². The zero-order chi connectivity index (χ0) is 12.6. The van der Waals surface area contributed by atoms with Crippen LogP contribution in [0.4, 0.5) is 0 Å². The fourth-order valence-corrected chi connectivity index (χ4v) is 5.25. The van der Waals surface area contributed by atoms with Crippen molar-refractivity contribution in [3.05, 3.63) is 0 Å². The minimum absolute atomic E-state index is 0.300. The van der Waals surface area contributed by atoms with Gasteiger partial charge in [-0.3, -0.25) is 0 Å². The topological polar surface area (TPSA) is 40.5 Å². The first-order chi connectivity index (χ1) is 7.68. The van der Waals surface area contributed by atoms with E-state index in [0.29, 0.717) is 29.1 Å². The molecule has 2 nitrogen and oxygen atoms in total. The van der Waals surface area contributed by atoms with Crippen LogP contribution in [0.25, 0.3) is 0 Å². The van der Waals surface area contributed by atoms with E-state index >= 15 is 0 Å². The maximum atomic E-state index is 10.7. The van der Waals surface area contributed by atoms with E-state index in [-0.39, 0.29) is 0 Å². The largest absolute Gasteiger partial charge is 0.390 e. The molecule has 3 aliphatic carbocycles. The molecular weight excluding hydrogens is 212 g/mol. The van der Waals surface area contributed by atoms with Gasteiger partial charge in [0.15, 0.2) is 0 Å². The fraction of sp³-hybridized carbons (Fsp3) is 1.00. The third-order valence-corrected chi connectivity index (χ3v) is 6.40. The smallest absolute Gasteiger partial charge is 0.0654 e. The molecule has 0 radical (unpaired) electrons. The number of hydrogen-bond acceptors (Lipinski definition) is 2. The van der Waals surface area contributed by atoms with Gasteiger partial charge < -0.3 is 10.2 Å². The summed E-state index contributed by atoms with van der Waals surface area (Å²) < 4.78 is 0. The quantitative estimate of drug-likeness (QED) is 0.681. The summed E-state index contributed by atoms with van der Waals surface area (Å²) in [4.78, 5) is 0. The van der Waals surface area contributed by atoms with Crippen molar-refractivity contribution in [1.82, 2.24) is 0 Å². The Morgan fingerprint density at radius 1 is 0.765 bits per heavy atom. The van der Waals surface area contributed by atoms with Crippen molar-refractivity contribution in [3.8, 4) is 0 Å². The van der Waals surface area contributed by atoms with Crippen molar-refractivity contribution in [2.45, 2.75) is 64.6 Å². The highest BCUT2D eigenvalue weighted by Gasteiger charge is 2.69. The second-order valence-electron chi connectivity index (χ2n) is 7.88. The summed E-state index contributed by atoms with van der Waals surface area (Å²) in [5.41, 5.74) is -0.738. The first-order valence-corrected chi connectivity index (χ1v) is 7.13. The third-order valence-electron chi connectivity index (χ3n) is 6.40. The Morgan fingerprint density at radius 2 is 1.29 bits per heavy atom. The van der Waals surface area contributed by atoms with Gasteiger partial charge in [-0.1, -0.05) is 13.8 Å². The minimum Gasteiger partial charge on any atom is -0.390 e. The summed E-state index contributed by atoms with van der Waals surface area (Å²) in [6.45, 7) is 8.66. The normalized spacial score (nSPS) is 60.4. The fourth-order valence-electron chi connectivity index (χ4n) is 5.25. The van der Waals surface area contributed by atoms with E-state index in [1.54, 1.807) is 0 Å². The molecule has 0 aromatic carbocycles. The van der Waals surface area contributed by atoms with Gasteiger partial charge in [0.2, 0.25) is 0 Å². The maximum absolute atomic E-state index is 10.7. The summed E-state index contributed by atoms with van der Waals surface area (Å²) in [5.74, 6) is 1.95. The lowest BCUT2D eigenvalue weighted by Crippen LogP contribution is -2.43. The molecule has 0 bridgehead atoms. The van der Waals surface area contributed by atoms with E-state index < -0.39 is 11.2 Å². The highest BCUT2D eigenvalue weighted by Crippen LogP contribution is 2.71. The molecule has 98 valence electrons. The molecule has 0 aliphatic heterocycles. The molecule has 0 heterocycles. The van der Waals surface area contributed by atoms with E-state index in [2.05, 4.69) is 13.8 Å². The lowest BCUT2D eigenvalue weighted by atomic mass is 9.73. The van der Waals surface area contributed by atoms with Gasteiger partial charge in [0.1, 0.15) is 0 Å². The molecule has 0 amide bonds. The third kappa shape index (κ3) is 1.46. The van der Waals surface area contributed by atoms with Crippen LogP contribution in [0.1, 0.15) is 53.4 Å². The molecule has 3 aliphatic rings. The zero-order valence-corrected chi connectivity index (χ0v) is 11.5. The van der Waals surface area contributed by atoms with Gasteiger partial charge in [0.25, 0.3) is 0 Å². The van der Waals surface area contributed by atoms with Gasteiger partial charge in [0, 0.05) is 0 Å². The maximum Gasteiger partial charge on any atom is 0.0654 e. The predicted octanol–water partition coefficient (Wildman–Crippen LogP) is 2.58. The second-order valence-corrected chi connectivity index (χ2v) is 7.88. The molecule has 0 aromatic heterocycles. The van der Waals surface area contributed by atoms with Crippen LogP contribution in [-0.2, 0) is 0 Å². The van der Waals surface area contributed by atoms with Crippen LogP contribution in [0.2, 0.25) is 0 Å². The molecule has 3 rings (SSSR count). The molecule has 6 atom stereocenters. The summed E-state index contributed by atoms with van der Waals surface area (Å²) in [6.07, 6.45) is 3.89. The molecule has 2 N–H and O–H groups in total. The average Bonchev–Trinajstić information content (AvgIpc) is 2.59. The van der Waals surface area contributed by atoms with Gasteiger partial charge >= 0.3 is 0 Å². The van der Waals surface area contributed by atoms with Gasteiger partial charge in [0.05, 0.1) is 11.2 Å². The van der Waals surface area contributed by atoms with Crippen molar-refractivity contribution in [1.29, 1.82) is 0 Å². The van der Waals surface area contributed by atoms with Crippen LogP contribution in [-0.4, -0.2) is 21.4 Å². The van der Waals surface area contributed by atoms with Crippen molar-refractivity contribution in [2.75, 3.05) is 0 Å². The van der Waals surface area contributed by atoms with Gasteiger partial charge in [-0.25, -0.2) is 0 Å². The average molecular weight is 238 g/mol. The van der Waals surface area contributed by atoms with E-state index in [0.717, 1.165) is 25.7 Å². The molecule has 0 unspecified atom stereocenters. The SMILES string of the molecule is CC1(C)[C@@H]2[C@@H]3[C@@H](CC[C@@]3(C)O)[C@](C)(O)CC[C@@H]21. The van der Waals surface area contributed by atoms with Crippen LogP contribution in [0.3, 0.4) is 0 Å². The van der Waals surface area contributed by atoms with Crippen LogP contribution >= 0.6 is 0 Å². The molecule has 2 heteroatoms. The number of hydrogen-bond donors (Lipinski definition) is 2. The standard InChI is InChI=1S/C15H26O2/c1-13(2)9-5-7-14(3,16)10-6-8-15(4,17)12(10)11(9)13/h9-12,16-17H,5-8H2,1-4H3/t9-,10+,11-,12-,14+,15+/m0/s1. The zero-order valence-electron chi connectivity index (χ0n) is 11.5. The van der Waals surface area contributed by atoms with E-state index in [4.69, 9.17) is 0 Å². The Hall–Kier alpha value is -0.0800. The summed E-state index contributed by atoms with van der Waals surface area (Å²) in [5, 5.41) is 21.3. The lowest BCUT2D eigenvalue weighted by molar-refractivity contribution is -0.0663. The highest BCUT2D eigenvalue weighted by atomic mass is 16.3. The van der Waals surface area contributed by atoms with E-state index in [9.17, 15) is 10.2 Å². The molecular formula is C15H26O2. The Kier molecular flexibility index (Phi) is 2.17. The molecule has 3 fully saturated rings. The van der Waals surface area contributed by atoms with Gasteiger partial charge in [-0.2, -0.15) is 0 Å². The summed E-state index contributed by atoms with van der Waals surface area (Å²) in [6, 6.07) is 0. The molecule has 0 spiro atoms. The molecule has 3 saturated carbocycles. The Bertz CT molecular complexity index is 343. The number of aliphatic hydroxyl groups is 2. The Balaban J connectivity index is 1.99. The first kappa shape index (κ1) is 12.0. The summed E-state index contributed by atoms with van der Waals surface area (Å²) >= 11 is 0. The second kappa shape index (κ2) is 3.08. The number of rotatable bonds is 0. The minimum atomic E-state index is -0.561. The highest BCUT2D eigenvalue weighted by molar-refractivity contribution is 5.18. The van der Waals surface area contributed by atoms with Crippen LogP contribution in [0.5, 0.6) is 0 Å². The van der Waals surface area contributed by atoms with Crippen molar-refractivity contribution < 1.29 is 10.2 Å². The van der Waals surface area contributed by atoms with E-state index in [1.807, 2.05) is 13.8 Å². The van der Waals surface area contributed by atoms with Gasteiger partial charge in [-0.15, -0.1) is 0 Å². The first-order valence-electron chi connectivity index (χ1n) is 7.13.